The lowest BCUT2D eigenvalue weighted by molar-refractivity contribution is 0.157. The number of rotatable bonds is 6. The average molecular weight is 347 g/mol. The maximum atomic E-state index is 10.7. The van der Waals surface area contributed by atoms with Gasteiger partial charge >= 0.3 is 6.09 Å². The molecule has 0 aliphatic carbocycles. The van der Waals surface area contributed by atoms with E-state index >= 15 is 0 Å². The van der Waals surface area contributed by atoms with E-state index in [1.807, 2.05) is 7.05 Å². The number of imidazole rings is 1. The van der Waals surface area contributed by atoms with Gasteiger partial charge in [-0.2, -0.15) is 0 Å². The average Bonchev–Trinajstić information content (AvgIpc) is 2.75. The number of carbonyl (C=O) groups is 1. The maximum absolute atomic E-state index is 10.7. The third-order valence-electron chi connectivity index (χ3n) is 3.69. The van der Waals surface area contributed by atoms with Gasteiger partial charge < -0.3 is 15.0 Å². The Morgan fingerprint density at radius 3 is 2.46 bits per heavy atom. The Morgan fingerprint density at radius 1 is 1.29 bits per heavy atom. The van der Waals surface area contributed by atoms with Gasteiger partial charge in [0.1, 0.15) is 17.5 Å². The third-order valence-corrected chi connectivity index (χ3v) is 4.83. The van der Waals surface area contributed by atoms with Gasteiger partial charge in [-0.1, -0.05) is 31.7 Å². The number of benzene rings is 1. The summed E-state index contributed by atoms with van der Waals surface area (Å²) in [6.45, 7) is 8.73. The predicted octanol–water partition coefficient (Wildman–Crippen LogP) is 3.95. The molecule has 5 nitrogen and oxygen atoms in total. The van der Waals surface area contributed by atoms with Crippen LogP contribution in [0.5, 0.6) is 0 Å². The van der Waals surface area contributed by atoms with Crippen molar-refractivity contribution in [1.29, 1.82) is 0 Å². The lowest BCUT2D eigenvalue weighted by Crippen LogP contribution is -2.15. The fourth-order valence-electron chi connectivity index (χ4n) is 2.62. The number of primary amides is 1. The van der Waals surface area contributed by atoms with Crippen LogP contribution in [0, 0.1) is 13.8 Å². The largest absolute Gasteiger partial charge is 0.449 e. The van der Waals surface area contributed by atoms with Gasteiger partial charge in [0.05, 0.1) is 5.69 Å². The van der Waals surface area contributed by atoms with Crippen LogP contribution < -0.4 is 5.73 Å². The number of hydrogen-bond donors (Lipinski definition) is 1. The van der Waals surface area contributed by atoms with Crippen molar-refractivity contribution in [2.75, 3.05) is 6.61 Å². The molecule has 1 aromatic carbocycles. The molecule has 0 radical (unpaired) electrons. The van der Waals surface area contributed by atoms with Crippen molar-refractivity contribution in [3.8, 4) is 0 Å². The molecule has 0 atom stereocenters. The van der Waals surface area contributed by atoms with Crippen LogP contribution in [-0.4, -0.2) is 22.3 Å². The molecule has 2 aromatic rings. The van der Waals surface area contributed by atoms with E-state index in [4.69, 9.17) is 15.5 Å². The summed E-state index contributed by atoms with van der Waals surface area (Å²) < 4.78 is 6.92. The topological polar surface area (TPSA) is 70.1 Å². The van der Waals surface area contributed by atoms with Crippen molar-refractivity contribution in [3.05, 3.63) is 40.8 Å². The van der Waals surface area contributed by atoms with Gasteiger partial charge in [0.15, 0.2) is 0 Å². The van der Waals surface area contributed by atoms with Gasteiger partial charge in [0.2, 0.25) is 0 Å². The third kappa shape index (κ3) is 4.54. The van der Waals surface area contributed by atoms with Crippen LogP contribution in [0.3, 0.4) is 0 Å². The van der Waals surface area contributed by atoms with E-state index in [-0.39, 0.29) is 6.61 Å². The Labute approximate surface area is 147 Å². The highest BCUT2D eigenvalue weighted by Crippen LogP contribution is 2.35. The number of aryl methyl sites for hydroxylation is 2. The summed E-state index contributed by atoms with van der Waals surface area (Å²) >= 11 is 1.73. The van der Waals surface area contributed by atoms with E-state index < -0.39 is 6.09 Å². The van der Waals surface area contributed by atoms with Crippen LogP contribution >= 0.6 is 11.8 Å². The molecule has 1 heterocycles. The summed E-state index contributed by atoms with van der Waals surface area (Å²) in [6, 6.07) is 6.54. The van der Waals surface area contributed by atoms with Crippen LogP contribution in [0.4, 0.5) is 4.79 Å². The standard InChI is InChI=1S/C18H25N3O2S/c1-11(2)16-17(24-14-9-12(3)8-13(4)10-14)21(5)15(20-16)6-7-23-18(19)22/h8-11H,6-7H2,1-5H3,(H2,19,22). The summed E-state index contributed by atoms with van der Waals surface area (Å²) in [5, 5.41) is 1.13. The second kappa shape index (κ2) is 7.75. The molecule has 0 saturated heterocycles. The first-order valence-corrected chi connectivity index (χ1v) is 8.83. The molecule has 130 valence electrons. The second-order valence-electron chi connectivity index (χ2n) is 6.28. The smallest absolute Gasteiger partial charge is 0.404 e. The SMILES string of the molecule is Cc1cc(C)cc(Sc2c(C(C)C)nc(CCOC(N)=O)n2C)c1. The van der Waals surface area contributed by atoms with Gasteiger partial charge in [-0.05, 0) is 43.0 Å². The van der Waals surface area contributed by atoms with Crippen molar-refractivity contribution in [1.82, 2.24) is 9.55 Å². The zero-order chi connectivity index (χ0) is 17.9. The Kier molecular flexibility index (Phi) is 5.94. The molecule has 24 heavy (non-hydrogen) atoms. The summed E-state index contributed by atoms with van der Waals surface area (Å²) in [7, 11) is 2.00. The normalized spacial score (nSPS) is 11.1. The van der Waals surface area contributed by atoms with Crippen LogP contribution in [0.2, 0.25) is 0 Å². The fourth-order valence-corrected chi connectivity index (χ4v) is 3.96. The van der Waals surface area contributed by atoms with E-state index in [9.17, 15) is 4.79 Å². The lowest BCUT2D eigenvalue weighted by Gasteiger charge is -2.10. The summed E-state index contributed by atoms with van der Waals surface area (Å²) in [5.41, 5.74) is 8.58. The van der Waals surface area contributed by atoms with E-state index in [2.05, 4.69) is 50.5 Å². The zero-order valence-electron chi connectivity index (χ0n) is 14.9. The van der Waals surface area contributed by atoms with Crippen molar-refractivity contribution in [3.63, 3.8) is 0 Å². The van der Waals surface area contributed by atoms with Crippen molar-refractivity contribution < 1.29 is 9.53 Å². The van der Waals surface area contributed by atoms with Crippen molar-refractivity contribution in [2.45, 2.75) is 50.0 Å². The van der Waals surface area contributed by atoms with E-state index in [0.29, 0.717) is 12.3 Å². The van der Waals surface area contributed by atoms with Crippen LogP contribution in [0.25, 0.3) is 0 Å². The first-order chi connectivity index (χ1) is 11.3. The molecule has 2 N–H and O–H groups in total. The molecule has 0 aliphatic rings. The van der Waals surface area contributed by atoms with Crippen LogP contribution in [0.15, 0.2) is 28.1 Å². The number of hydrogen-bond acceptors (Lipinski definition) is 4. The van der Waals surface area contributed by atoms with Crippen molar-refractivity contribution in [2.24, 2.45) is 12.8 Å². The molecule has 1 aromatic heterocycles. The molecule has 0 fully saturated rings. The number of carbonyl (C=O) groups excluding carboxylic acids is 1. The highest BCUT2D eigenvalue weighted by Gasteiger charge is 2.18. The summed E-state index contributed by atoms with van der Waals surface area (Å²) in [5.74, 6) is 1.21. The fraction of sp³-hybridized carbons (Fsp3) is 0.444. The maximum Gasteiger partial charge on any atom is 0.404 e. The van der Waals surface area contributed by atoms with Gasteiger partial charge in [-0.25, -0.2) is 9.78 Å². The Bertz CT molecular complexity index is 718. The monoisotopic (exact) mass is 347 g/mol. The molecular weight excluding hydrogens is 322 g/mol. The minimum Gasteiger partial charge on any atom is -0.449 e. The highest BCUT2D eigenvalue weighted by atomic mass is 32.2. The molecular formula is C18H25N3O2S. The molecule has 0 bridgehead atoms. The van der Waals surface area contributed by atoms with E-state index in [1.54, 1.807) is 11.8 Å². The number of nitrogens with zero attached hydrogens (tertiary/aromatic N) is 2. The quantitative estimate of drug-likeness (QED) is 0.859. The number of aromatic nitrogens is 2. The van der Waals surface area contributed by atoms with Crippen LogP contribution in [0.1, 0.15) is 42.4 Å². The van der Waals surface area contributed by atoms with Crippen molar-refractivity contribution >= 4 is 17.9 Å². The second-order valence-corrected chi connectivity index (χ2v) is 7.34. The summed E-state index contributed by atoms with van der Waals surface area (Å²) in [6.07, 6.45) is -0.204. The van der Waals surface area contributed by atoms with Gasteiger partial charge in [0, 0.05) is 18.4 Å². The minimum absolute atomic E-state index is 0.241. The zero-order valence-corrected chi connectivity index (χ0v) is 15.7. The number of ether oxygens (including phenoxy) is 1. The minimum atomic E-state index is -0.752. The predicted molar refractivity (Wildman–Crippen MR) is 96.6 cm³/mol. The first kappa shape index (κ1) is 18.4. The van der Waals surface area contributed by atoms with E-state index in [1.165, 1.54) is 16.0 Å². The van der Waals surface area contributed by atoms with Gasteiger partial charge in [0.25, 0.3) is 0 Å². The molecule has 1 amide bonds. The molecule has 0 spiro atoms. The molecule has 2 rings (SSSR count). The van der Waals surface area contributed by atoms with Gasteiger partial charge in [-0.15, -0.1) is 0 Å². The Balaban J connectivity index is 2.30. The summed E-state index contributed by atoms with van der Waals surface area (Å²) in [4.78, 5) is 16.7. The molecule has 0 aliphatic heterocycles. The Morgan fingerprint density at radius 2 is 1.92 bits per heavy atom. The molecule has 0 unspecified atom stereocenters. The van der Waals surface area contributed by atoms with Crippen LogP contribution in [-0.2, 0) is 18.2 Å². The Hall–Kier alpha value is -1.95. The number of nitrogens with two attached hydrogens (primary N) is 1. The highest BCUT2D eigenvalue weighted by molar-refractivity contribution is 7.99. The first-order valence-electron chi connectivity index (χ1n) is 8.01. The number of amides is 1. The molecule has 0 saturated carbocycles. The van der Waals surface area contributed by atoms with E-state index in [0.717, 1.165) is 16.5 Å². The van der Waals surface area contributed by atoms with Gasteiger partial charge in [-0.3, -0.25) is 0 Å². The molecule has 6 heteroatoms. The lowest BCUT2D eigenvalue weighted by atomic mass is 10.1.